The van der Waals surface area contributed by atoms with Crippen LogP contribution < -0.4 is 11.3 Å². The lowest BCUT2D eigenvalue weighted by Gasteiger charge is -2.25. The van der Waals surface area contributed by atoms with Crippen LogP contribution in [-0.4, -0.2) is 6.04 Å². The van der Waals surface area contributed by atoms with Gasteiger partial charge in [-0.3, -0.25) is 11.3 Å². The third kappa shape index (κ3) is 4.12. The Morgan fingerprint density at radius 1 is 1.20 bits per heavy atom. The number of nitrogens with one attached hydrogen (secondary N) is 1. The van der Waals surface area contributed by atoms with E-state index in [0.717, 1.165) is 11.8 Å². The molecule has 15 heavy (non-hydrogen) atoms. The zero-order chi connectivity index (χ0) is 11.1. The summed E-state index contributed by atoms with van der Waals surface area (Å²) in [4.78, 5) is 0. The fraction of sp³-hybridized carbons (Fsp3) is 1.00. The number of nitrogens with two attached hydrogens (primary N) is 1. The third-order valence-electron chi connectivity index (χ3n) is 4.19. The minimum absolute atomic E-state index is 0.542. The van der Waals surface area contributed by atoms with E-state index < -0.39 is 0 Å². The maximum absolute atomic E-state index is 5.66. The molecule has 1 atom stereocenters. The van der Waals surface area contributed by atoms with Crippen molar-refractivity contribution in [3.63, 3.8) is 0 Å². The number of hydrazine groups is 1. The molecule has 1 saturated carbocycles. The van der Waals surface area contributed by atoms with Crippen LogP contribution in [-0.2, 0) is 0 Å². The van der Waals surface area contributed by atoms with Gasteiger partial charge in [0.2, 0.25) is 0 Å². The average molecular weight is 212 g/mol. The second-order valence-corrected chi connectivity index (χ2v) is 5.08. The summed E-state index contributed by atoms with van der Waals surface area (Å²) < 4.78 is 0. The summed E-state index contributed by atoms with van der Waals surface area (Å²) in [6.45, 7) is 4.54. The lowest BCUT2D eigenvalue weighted by atomic mass is 9.88. The highest BCUT2D eigenvalue weighted by Gasteiger charge is 2.20. The molecule has 1 aliphatic carbocycles. The number of hydrogen-bond acceptors (Lipinski definition) is 2. The van der Waals surface area contributed by atoms with Crippen LogP contribution in [0.2, 0.25) is 0 Å². The molecule has 2 heteroatoms. The van der Waals surface area contributed by atoms with E-state index in [0.29, 0.717) is 6.04 Å². The maximum Gasteiger partial charge on any atom is 0.0238 e. The Morgan fingerprint density at radius 3 is 2.27 bits per heavy atom. The van der Waals surface area contributed by atoms with Gasteiger partial charge in [0.25, 0.3) is 0 Å². The van der Waals surface area contributed by atoms with Crippen LogP contribution in [0.15, 0.2) is 0 Å². The second kappa shape index (κ2) is 7.24. The molecular formula is C13H28N2. The van der Waals surface area contributed by atoms with Crippen molar-refractivity contribution in [3.05, 3.63) is 0 Å². The lowest BCUT2D eigenvalue weighted by molar-refractivity contribution is 0.297. The molecule has 0 aromatic rings. The maximum atomic E-state index is 5.66. The van der Waals surface area contributed by atoms with Crippen LogP contribution in [0.1, 0.15) is 65.2 Å². The molecule has 0 aromatic carbocycles. The average Bonchev–Trinajstić information content (AvgIpc) is 2.77. The normalized spacial score (nSPS) is 20.0. The lowest BCUT2D eigenvalue weighted by Crippen LogP contribution is -2.40. The van der Waals surface area contributed by atoms with E-state index in [2.05, 4.69) is 19.3 Å². The first kappa shape index (κ1) is 13.0. The van der Waals surface area contributed by atoms with Crippen molar-refractivity contribution in [1.29, 1.82) is 0 Å². The molecule has 0 aliphatic heterocycles. The Hall–Kier alpha value is -0.0800. The fourth-order valence-electron chi connectivity index (χ4n) is 3.03. The molecule has 1 rings (SSSR count). The van der Waals surface area contributed by atoms with Gasteiger partial charge in [0, 0.05) is 6.04 Å². The van der Waals surface area contributed by atoms with E-state index >= 15 is 0 Å². The van der Waals surface area contributed by atoms with E-state index in [1.807, 2.05) is 0 Å². The van der Waals surface area contributed by atoms with E-state index in [9.17, 15) is 0 Å². The Bertz CT molecular complexity index is 149. The van der Waals surface area contributed by atoms with Crippen molar-refractivity contribution >= 4 is 0 Å². The summed E-state index contributed by atoms with van der Waals surface area (Å²) in [5, 5.41) is 0. The van der Waals surface area contributed by atoms with Gasteiger partial charge >= 0.3 is 0 Å². The van der Waals surface area contributed by atoms with Gasteiger partial charge in [0.15, 0.2) is 0 Å². The molecule has 3 N–H and O–H groups in total. The van der Waals surface area contributed by atoms with Gasteiger partial charge in [-0.2, -0.15) is 0 Å². The van der Waals surface area contributed by atoms with Crippen molar-refractivity contribution in [2.75, 3.05) is 0 Å². The summed E-state index contributed by atoms with van der Waals surface area (Å²) >= 11 is 0. The van der Waals surface area contributed by atoms with Crippen molar-refractivity contribution < 1.29 is 0 Å². The van der Waals surface area contributed by atoms with E-state index in [1.54, 1.807) is 0 Å². The van der Waals surface area contributed by atoms with Gasteiger partial charge in [0.05, 0.1) is 0 Å². The standard InChI is InChI=1S/C13H28N2/c1-3-12(4-2)13(15-14)10-9-11-7-5-6-8-11/h11-13,15H,3-10,14H2,1-2H3. The molecule has 0 heterocycles. The summed E-state index contributed by atoms with van der Waals surface area (Å²) in [5.41, 5.74) is 3.03. The van der Waals surface area contributed by atoms with Crippen LogP contribution in [0, 0.1) is 11.8 Å². The van der Waals surface area contributed by atoms with Gasteiger partial charge < -0.3 is 0 Å². The van der Waals surface area contributed by atoms with Crippen LogP contribution in [0.5, 0.6) is 0 Å². The molecule has 0 bridgehead atoms. The summed E-state index contributed by atoms with van der Waals surface area (Å²) in [7, 11) is 0. The van der Waals surface area contributed by atoms with Gasteiger partial charge in [-0.05, 0) is 24.7 Å². The Labute approximate surface area is 95.0 Å². The molecule has 1 aliphatic rings. The topological polar surface area (TPSA) is 38.0 Å². The minimum atomic E-state index is 0.542. The summed E-state index contributed by atoms with van der Waals surface area (Å²) in [6, 6.07) is 0.542. The van der Waals surface area contributed by atoms with E-state index in [4.69, 9.17) is 5.84 Å². The molecule has 0 radical (unpaired) electrons. The van der Waals surface area contributed by atoms with Crippen LogP contribution >= 0.6 is 0 Å². The summed E-state index contributed by atoms with van der Waals surface area (Å²) in [6.07, 6.45) is 11.0. The monoisotopic (exact) mass is 212 g/mol. The highest BCUT2D eigenvalue weighted by molar-refractivity contribution is 4.76. The predicted octanol–water partition coefficient (Wildman–Crippen LogP) is 3.22. The molecule has 0 amide bonds. The van der Waals surface area contributed by atoms with Crippen molar-refractivity contribution in [1.82, 2.24) is 5.43 Å². The number of rotatable bonds is 7. The number of hydrogen-bond donors (Lipinski definition) is 2. The highest BCUT2D eigenvalue weighted by Crippen LogP contribution is 2.30. The first-order valence-corrected chi connectivity index (χ1v) is 6.77. The van der Waals surface area contributed by atoms with Gasteiger partial charge in [-0.25, -0.2) is 0 Å². The first-order chi connectivity index (χ1) is 7.31. The predicted molar refractivity (Wildman–Crippen MR) is 66.4 cm³/mol. The van der Waals surface area contributed by atoms with Gasteiger partial charge in [-0.15, -0.1) is 0 Å². The van der Waals surface area contributed by atoms with E-state index in [1.165, 1.54) is 51.4 Å². The smallest absolute Gasteiger partial charge is 0.0238 e. The molecule has 0 spiro atoms. The van der Waals surface area contributed by atoms with Crippen LogP contribution in [0.4, 0.5) is 0 Å². The van der Waals surface area contributed by atoms with Crippen LogP contribution in [0.3, 0.4) is 0 Å². The van der Waals surface area contributed by atoms with Crippen molar-refractivity contribution in [3.8, 4) is 0 Å². The zero-order valence-corrected chi connectivity index (χ0v) is 10.5. The Morgan fingerprint density at radius 2 is 1.80 bits per heavy atom. The van der Waals surface area contributed by atoms with Gasteiger partial charge in [0.1, 0.15) is 0 Å². The molecule has 0 aromatic heterocycles. The van der Waals surface area contributed by atoms with E-state index in [-0.39, 0.29) is 0 Å². The van der Waals surface area contributed by atoms with Gasteiger partial charge in [-0.1, -0.05) is 52.4 Å². The molecule has 90 valence electrons. The minimum Gasteiger partial charge on any atom is -0.271 e. The SMILES string of the molecule is CCC(CC)C(CCC1CCCC1)NN. The fourth-order valence-corrected chi connectivity index (χ4v) is 3.03. The quantitative estimate of drug-likeness (QED) is 0.502. The third-order valence-corrected chi connectivity index (χ3v) is 4.19. The second-order valence-electron chi connectivity index (χ2n) is 5.08. The van der Waals surface area contributed by atoms with Crippen molar-refractivity contribution in [2.24, 2.45) is 17.7 Å². The van der Waals surface area contributed by atoms with Crippen molar-refractivity contribution in [2.45, 2.75) is 71.3 Å². The molecular weight excluding hydrogens is 184 g/mol. The first-order valence-electron chi connectivity index (χ1n) is 6.77. The largest absolute Gasteiger partial charge is 0.271 e. The Kier molecular flexibility index (Phi) is 6.26. The van der Waals surface area contributed by atoms with Crippen LogP contribution in [0.25, 0.3) is 0 Å². The highest BCUT2D eigenvalue weighted by atomic mass is 15.2. The zero-order valence-electron chi connectivity index (χ0n) is 10.5. The molecule has 1 fully saturated rings. The Balaban J connectivity index is 2.25. The molecule has 1 unspecified atom stereocenters. The molecule has 0 saturated heterocycles. The molecule has 2 nitrogen and oxygen atoms in total. The summed E-state index contributed by atoms with van der Waals surface area (Å²) in [5.74, 6) is 7.42.